The fourth-order valence-corrected chi connectivity index (χ4v) is 1.62. The summed E-state index contributed by atoms with van der Waals surface area (Å²) in [6.45, 7) is 4.42. The summed E-state index contributed by atoms with van der Waals surface area (Å²) in [7, 11) is 0. The quantitative estimate of drug-likeness (QED) is 0.565. The Morgan fingerprint density at radius 2 is 2.00 bits per heavy atom. The third-order valence-corrected chi connectivity index (χ3v) is 2.20. The standard InChI is InChI=1S/C10H13I/c1-8-5-3-4-6-10(8)7-9(2)11/h3-6,9H,7H2,1-2H3. The first kappa shape index (κ1) is 9.04. The Morgan fingerprint density at radius 3 is 2.55 bits per heavy atom. The van der Waals surface area contributed by atoms with Crippen molar-refractivity contribution in [2.24, 2.45) is 0 Å². The van der Waals surface area contributed by atoms with Gasteiger partial charge in [0.25, 0.3) is 0 Å². The van der Waals surface area contributed by atoms with E-state index in [1.807, 2.05) is 0 Å². The normalized spacial score (nSPS) is 13.0. The minimum atomic E-state index is 0.730. The molecular weight excluding hydrogens is 247 g/mol. The first-order valence-electron chi connectivity index (χ1n) is 3.88. The number of benzene rings is 1. The largest absolute Gasteiger partial charge is 0.0826 e. The molecule has 0 aromatic heterocycles. The number of aryl methyl sites for hydroxylation is 1. The molecule has 0 bridgehead atoms. The third-order valence-electron chi connectivity index (χ3n) is 1.76. The van der Waals surface area contributed by atoms with Gasteiger partial charge in [0.05, 0.1) is 0 Å². The van der Waals surface area contributed by atoms with Crippen molar-refractivity contribution in [1.82, 2.24) is 0 Å². The first-order valence-corrected chi connectivity index (χ1v) is 5.13. The van der Waals surface area contributed by atoms with Gasteiger partial charge >= 0.3 is 0 Å². The van der Waals surface area contributed by atoms with E-state index < -0.39 is 0 Å². The van der Waals surface area contributed by atoms with Gasteiger partial charge in [-0.2, -0.15) is 0 Å². The molecule has 0 nitrogen and oxygen atoms in total. The molecule has 11 heavy (non-hydrogen) atoms. The molecule has 0 saturated carbocycles. The zero-order valence-electron chi connectivity index (χ0n) is 6.97. The molecule has 1 unspecified atom stereocenters. The van der Waals surface area contributed by atoms with Crippen molar-refractivity contribution in [2.45, 2.75) is 24.2 Å². The van der Waals surface area contributed by atoms with E-state index in [0.29, 0.717) is 0 Å². The van der Waals surface area contributed by atoms with E-state index in [2.05, 4.69) is 60.7 Å². The summed E-state index contributed by atoms with van der Waals surface area (Å²) in [6, 6.07) is 8.59. The first-order chi connectivity index (χ1) is 5.20. The average Bonchev–Trinajstić information content (AvgIpc) is 1.93. The second kappa shape index (κ2) is 4.10. The van der Waals surface area contributed by atoms with Crippen LogP contribution in [0, 0.1) is 6.92 Å². The van der Waals surface area contributed by atoms with Crippen LogP contribution in [0.2, 0.25) is 0 Å². The van der Waals surface area contributed by atoms with Gasteiger partial charge in [0.1, 0.15) is 0 Å². The lowest BCUT2D eigenvalue weighted by molar-refractivity contribution is 0.965. The number of halogens is 1. The molecule has 0 heterocycles. The van der Waals surface area contributed by atoms with Crippen LogP contribution in [-0.4, -0.2) is 3.92 Å². The molecule has 0 aliphatic rings. The SMILES string of the molecule is Cc1ccccc1CC(C)I. The molecule has 0 spiro atoms. The molecule has 0 fully saturated rings. The highest BCUT2D eigenvalue weighted by molar-refractivity contribution is 14.1. The van der Waals surface area contributed by atoms with Crippen LogP contribution in [0.1, 0.15) is 18.1 Å². The molecular formula is C10H13I. The number of hydrogen-bond acceptors (Lipinski definition) is 0. The van der Waals surface area contributed by atoms with E-state index >= 15 is 0 Å². The third kappa shape index (κ3) is 2.81. The lowest BCUT2D eigenvalue weighted by Crippen LogP contribution is -1.97. The minimum Gasteiger partial charge on any atom is -0.0826 e. The number of hydrogen-bond donors (Lipinski definition) is 0. The molecule has 0 aliphatic carbocycles. The van der Waals surface area contributed by atoms with Crippen LogP contribution in [-0.2, 0) is 6.42 Å². The van der Waals surface area contributed by atoms with Gasteiger partial charge in [-0.1, -0.05) is 53.8 Å². The van der Waals surface area contributed by atoms with Gasteiger partial charge in [0.15, 0.2) is 0 Å². The topological polar surface area (TPSA) is 0 Å². The van der Waals surface area contributed by atoms with E-state index in [4.69, 9.17) is 0 Å². The highest BCUT2D eigenvalue weighted by Gasteiger charge is 2.00. The van der Waals surface area contributed by atoms with Gasteiger partial charge in [-0.15, -0.1) is 0 Å². The van der Waals surface area contributed by atoms with Crippen LogP contribution in [0.4, 0.5) is 0 Å². The van der Waals surface area contributed by atoms with Crippen LogP contribution < -0.4 is 0 Å². The van der Waals surface area contributed by atoms with E-state index in [1.54, 1.807) is 0 Å². The highest BCUT2D eigenvalue weighted by atomic mass is 127. The van der Waals surface area contributed by atoms with Crippen molar-refractivity contribution in [3.63, 3.8) is 0 Å². The van der Waals surface area contributed by atoms with Gasteiger partial charge in [-0.3, -0.25) is 0 Å². The minimum absolute atomic E-state index is 0.730. The molecule has 1 heteroatoms. The van der Waals surface area contributed by atoms with Crippen molar-refractivity contribution in [2.75, 3.05) is 0 Å². The van der Waals surface area contributed by atoms with E-state index in [0.717, 1.165) is 3.92 Å². The summed E-state index contributed by atoms with van der Waals surface area (Å²) in [5, 5.41) is 0. The fourth-order valence-electron chi connectivity index (χ4n) is 1.14. The lowest BCUT2D eigenvalue weighted by atomic mass is 10.1. The Bertz CT molecular complexity index is 228. The molecule has 0 radical (unpaired) electrons. The molecule has 0 saturated heterocycles. The maximum atomic E-state index is 2.46. The monoisotopic (exact) mass is 260 g/mol. The van der Waals surface area contributed by atoms with Gasteiger partial charge in [0.2, 0.25) is 0 Å². The van der Waals surface area contributed by atoms with Gasteiger partial charge in [-0.25, -0.2) is 0 Å². The predicted molar refractivity (Wildman–Crippen MR) is 58.4 cm³/mol. The Morgan fingerprint density at radius 1 is 1.36 bits per heavy atom. The summed E-state index contributed by atoms with van der Waals surface area (Å²) < 4.78 is 0.730. The zero-order valence-corrected chi connectivity index (χ0v) is 9.13. The van der Waals surface area contributed by atoms with E-state index in [1.165, 1.54) is 17.5 Å². The maximum absolute atomic E-state index is 2.46. The molecule has 1 aromatic carbocycles. The van der Waals surface area contributed by atoms with E-state index in [-0.39, 0.29) is 0 Å². The molecule has 1 atom stereocenters. The second-order valence-corrected chi connectivity index (χ2v) is 5.04. The molecule has 60 valence electrons. The predicted octanol–water partition coefficient (Wildman–Crippen LogP) is 3.36. The van der Waals surface area contributed by atoms with Crippen molar-refractivity contribution in [3.05, 3.63) is 35.4 Å². The summed E-state index contributed by atoms with van der Waals surface area (Å²) in [5.74, 6) is 0. The Kier molecular flexibility index (Phi) is 3.37. The Labute approximate surface area is 82.2 Å². The Balaban J connectivity index is 2.78. The van der Waals surface area contributed by atoms with E-state index in [9.17, 15) is 0 Å². The van der Waals surface area contributed by atoms with Crippen LogP contribution in [0.5, 0.6) is 0 Å². The average molecular weight is 260 g/mol. The van der Waals surface area contributed by atoms with Crippen molar-refractivity contribution in [1.29, 1.82) is 0 Å². The molecule has 0 amide bonds. The van der Waals surface area contributed by atoms with Crippen LogP contribution in [0.15, 0.2) is 24.3 Å². The van der Waals surface area contributed by atoms with Gasteiger partial charge in [-0.05, 0) is 24.5 Å². The smallest absolute Gasteiger partial charge is 0.0122 e. The molecule has 0 N–H and O–H groups in total. The molecule has 1 aromatic rings. The zero-order chi connectivity index (χ0) is 8.27. The maximum Gasteiger partial charge on any atom is 0.0122 e. The van der Waals surface area contributed by atoms with Crippen molar-refractivity contribution >= 4 is 22.6 Å². The summed E-state index contributed by atoms with van der Waals surface area (Å²) in [6.07, 6.45) is 1.19. The van der Waals surface area contributed by atoms with Crippen LogP contribution in [0.3, 0.4) is 0 Å². The van der Waals surface area contributed by atoms with Crippen molar-refractivity contribution in [3.8, 4) is 0 Å². The fraction of sp³-hybridized carbons (Fsp3) is 0.400. The number of rotatable bonds is 2. The summed E-state index contributed by atoms with van der Waals surface area (Å²) in [4.78, 5) is 0. The van der Waals surface area contributed by atoms with Gasteiger partial charge in [0, 0.05) is 3.92 Å². The second-order valence-electron chi connectivity index (χ2n) is 2.91. The lowest BCUT2D eigenvalue weighted by Gasteiger charge is -2.05. The Hall–Kier alpha value is -0.0500. The van der Waals surface area contributed by atoms with Crippen molar-refractivity contribution < 1.29 is 0 Å². The van der Waals surface area contributed by atoms with Gasteiger partial charge < -0.3 is 0 Å². The molecule has 0 aliphatic heterocycles. The van der Waals surface area contributed by atoms with Crippen LogP contribution >= 0.6 is 22.6 Å². The molecule has 1 rings (SSSR count). The summed E-state index contributed by atoms with van der Waals surface area (Å²) in [5.41, 5.74) is 2.89. The van der Waals surface area contributed by atoms with Crippen LogP contribution in [0.25, 0.3) is 0 Å². The highest BCUT2D eigenvalue weighted by Crippen LogP contribution is 2.13. The number of alkyl halides is 1. The summed E-state index contributed by atoms with van der Waals surface area (Å²) >= 11 is 2.46.